The summed E-state index contributed by atoms with van der Waals surface area (Å²) in [5, 5.41) is 4.98. The Bertz CT molecular complexity index is 1110. The van der Waals surface area contributed by atoms with Gasteiger partial charge >= 0.3 is 0 Å². The van der Waals surface area contributed by atoms with E-state index in [-0.39, 0.29) is 5.91 Å². The number of hydrogen-bond donors (Lipinski definition) is 0. The van der Waals surface area contributed by atoms with Gasteiger partial charge in [-0.1, -0.05) is 47.7 Å². The number of hydrogen-bond acceptors (Lipinski definition) is 4. The second-order valence-electron chi connectivity index (χ2n) is 6.60. The third-order valence-corrected chi connectivity index (χ3v) is 5.71. The van der Waals surface area contributed by atoms with E-state index in [2.05, 4.69) is 31.1 Å². The molecule has 0 radical (unpaired) electrons. The summed E-state index contributed by atoms with van der Waals surface area (Å²) in [5.41, 5.74) is 4.78. The van der Waals surface area contributed by atoms with Crippen LogP contribution in [0, 0.1) is 13.8 Å². The molecule has 0 atom stereocenters. The quantitative estimate of drug-likeness (QED) is 0.527. The van der Waals surface area contributed by atoms with E-state index in [0.717, 1.165) is 21.3 Å². The Morgan fingerprint density at radius 1 is 1.11 bits per heavy atom. The summed E-state index contributed by atoms with van der Waals surface area (Å²) in [6, 6.07) is 15.9. The third-order valence-electron chi connectivity index (χ3n) is 4.67. The molecule has 0 fully saturated rings. The van der Waals surface area contributed by atoms with Gasteiger partial charge < -0.3 is 0 Å². The highest BCUT2D eigenvalue weighted by atomic mass is 32.1. The Morgan fingerprint density at radius 3 is 2.59 bits per heavy atom. The highest BCUT2D eigenvalue weighted by Gasteiger charge is 2.24. The molecule has 4 aromatic rings. The third kappa shape index (κ3) is 3.36. The fourth-order valence-electron chi connectivity index (χ4n) is 2.99. The van der Waals surface area contributed by atoms with Crippen LogP contribution in [0.2, 0.25) is 0 Å². The van der Waals surface area contributed by atoms with Crippen molar-refractivity contribution in [2.75, 3.05) is 4.90 Å². The zero-order valence-corrected chi connectivity index (χ0v) is 16.3. The highest BCUT2D eigenvalue weighted by Crippen LogP contribution is 2.33. The summed E-state index contributed by atoms with van der Waals surface area (Å²) in [6.07, 6.45) is 1.78. The topological polar surface area (TPSA) is 51.0 Å². The van der Waals surface area contributed by atoms with Crippen LogP contribution in [0.5, 0.6) is 0 Å². The SMILES string of the molecule is Cc1ccc2sc(N(Cc3ccccc3)C(=O)c3ccn(C)n3)nc2c1C. The van der Waals surface area contributed by atoms with Gasteiger partial charge in [0, 0.05) is 13.2 Å². The van der Waals surface area contributed by atoms with E-state index in [1.54, 1.807) is 21.8 Å². The smallest absolute Gasteiger partial charge is 0.278 e. The van der Waals surface area contributed by atoms with Crippen LogP contribution in [0.4, 0.5) is 5.13 Å². The molecular formula is C21H20N4OS. The Labute approximate surface area is 161 Å². The van der Waals surface area contributed by atoms with Gasteiger partial charge in [-0.15, -0.1) is 0 Å². The molecule has 0 saturated carbocycles. The summed E-state index contributed by atoms with van der Waals surface area (Å²) >= 11 is 1.54. The second-order valence-corrected chi connectivity index (χ2v) is 7.61. The predicted molar refractivity (Wildman–Crippen MR) is 109 cm³/mol. The van der Waals surface area contributed by atoms with Crippen molar-refractivity contribution in [2.24, 2.45) is 7.05 Å². The number of thiazole rings is 1. The normalized spacial score (nSPS) is 11.1. The molecule has 5 nitrogen and oxygen atoms in total. The Hall–Kier alpha value is -2.99. The predicted octanol–water partition coefficient (Wildman–Crippen LogP) is 4.49. The maximum absolute atomic E-state index is 13.2. The minimum Gasteiger partial charge on any atom is -0.278 e. The van der Waals surface area contributed by atoms with Gasteiger partial charge in [-0.05, 0) is 42.7 Å². The number of aryl methyl sites for hydroxylation is 3. The number of carbonyl (C=O) groups is 1. The first-order chi connectivity index (χ1) is 13.0. The number of benzene rings is 2. The lowest BCUT2D eigenvalue weighted by molar-refractivity contribution is 0.0979. The summed E-state index contributed by atoms with van der Waals surface area (Å²) < 4.78 is 2.72. The molecule has 136 valence electrons. The van der Waals surface area contributed by atoms with Gasteiger partial charge in [0.15, 0.2) is 10.8 Å². The molecule has 2 heterocycles. The van der Waals surface area contributed by atoms with Crippen LogP contribution in [-0.2, 0) is 13.6 Å². The molecular weight excluding hydrogens is 356 g/mol. The van der Waals surface area contributed by atoms with Crippen molar-refractivity contribution in [3.05, 3.63) is 77.1 Å². The van der Waals surface area contributed by atoms with Gasteiger partial charge in [0.05, 0.1) is 16.8 Å². The van der Waals surface area contributed by atoms with E-state index in [1.165, 1.54) is 16.9 Å². The molecule has 4 rings (SSSR count). The van der Waals surface area contributed by atoms with Crippen molar-refractivity contribution >= 4 is 32.6 Å². The van der Waals surface area contributed by atoms with Gasteiger partial charge in [-0.2, -0.15) is 5.10 Å². The van der Waals surface area contributed by atoms with Gasteiger partial charge in [0.2, 0.25) is 0 Å². The van der Waals surface area contributed by atoms with Gasteiger partial charge in [-0.3, -0.25) is 14.4 Å². The molecule has 0 N–H and O–H groups in total. The molecule has 0 spiro atoms. The fourth-order valence-corrected chi connectivity index (χ4v) is 4.01. The van der Waals surface area contributed by atoms with Crippen LogP contribution >= 0.6 is 11.3 Å². The van der Waals surface area contributed by atoms with E-state index in [9.17, 15) is 4.79 Å². The van der Waals surface area contributed by atoms with Gasteiger partial charge in [-0.25, -0.2) is 4.98 Å². The first-order valence-corrected chi connectivity index (χ1v) is 9.57. The molecule has 0 aliphatic rings. The molecule has 6 heteroatoms. The largest absolute Gasteiger partial charge is 0.280 e. The zero-order valence-electron chi connectivity index (χ0n) is 15.5. The lowest BCUT2D eigenvalue weighted by atomic mass is 10.1. The van der Waals surface area contributed by atoms with Crippen molar-refractivity contribution in [3.63, 3.8) is 0 Å². The Balaban J connectivity index is 1.79. The van der Waals surface area contributed by atoms with E-state index < -0.39 is 0 Å². The van der Waals surface area contributed by atoms with E-state index in [4.69, 9.17) is 4.98 Å². The number of amides is 1. The maximum Gasteiger partial charge on any atom is 0.280 e. The van der Waals surface area contributed by atoms with Crippen molar-refractivity contribution in [1.29, 1.82) is 0 Å². The lowest BCUT2D eigenvalue weighted by Crippen LogP contribution is -2.30. The fraction of sp³-hybridized carbons (Fsp3) is 0.190. The first-order valence-electron chi connectivity index (χ1n) is 8.75. The van der Waals surface area contributed by atoms with Crippen LogP contribution < -0.4 is 4.90 Å². The maximum atomic E-state index is 13.2. The van der Waals surface area contributed by atoms with Crippen LogP contribution in [0.3, 0.4) is 0 Å². The average Bonchev–Trinajstić information content (AvgIpc) is 3.30. The van der Waals surface area contributed by atoms with Crippen LogP contribution in [-0.4, -0.2) is 20.7 Å². The number of carbonyl (C=O) groups excluding carboxylic acids is 1. The van der Waals surface area contributed by atoms with Crippen molar-refractivity contribution in [2.45, 2.75) is 20.4 Å². The van der Waals surface area contributed by atoms with Crippen LogP contribution in [0.25, 0.3) is 10.2 Å². The lowest BCUT2D eigenvalue weighted by Gasteiger charge is -2.19. The minimum absolute atomic E-state index is 0.145. The standard InChI is InChI=1S/C21H20N4OS/c1-14-9-10-18-19(15(14)2)22-21(27-18)25(13-16-7-5-4-6-8-16)20(26)17-11-12-24(3)23-17/h4-12H,13H2,1-3H3. The summed E-state index contributed by atoms with van der Waals surface area (Å²) in [7, 11) is 1.81. The van der Waals surface area contributed by atoms with Crippen molar-refractivity contribution in [1.82, 2.24) is 14.8 Å². The summed E-state index contributed by atoms with van der Waals surface area (Å²) in [5.74, 6) is -0.145. The molecule has 1 amide bonds. The zero-order chi connectivity index (χ0) is 19.0. The number of aromatic nitrogens is 3. The van der Waals surface area contributed by atoms with E-state index >= 15 is 0 Å². The monoisotopic (exact) mass is 376 g/mol. The number of nitrogens with zero attached hydrogens (tertiary/aromatic N) is 4. The van der Waals surface area contributed by atoms with Crippen LogP contribution in [0.1, 0.15) is 27.2 Å². The van der Waals surface area contributed by atoms with Crippen molar-refractivity contribution in [3.8, 4) is 0 Å². The number of fused-ring (bicyclic) bond motifs is 1. The van der Waals surface area contributed by atoms with Gasteiger partial charge in [0.1, 0.15) is 0 Å². The molecule has 0 unspecified atom stereocenters. The highest BCUT2D eigenvalue weighted by molar-refractivity contribution is 7.22. The molecule has 0 aliphatic carbocycles. The molecule has 2 aromatic heterocycles. The molecule has 2 aromatic carbocycles. The summed E-state index contributed by atoms with van der Waals surface area (Å²) in [6.45, 7) is 4.60. The first kappa shape index (κ1) is 17.4. The number of anilines is 1. The van der Waals surface area contributed by atoms with Crippen LogP contribution in [0.15, 0.2) is 54.7 Å². The number of rotatable bonds is 4. The molecule has 27 heavy (non-hydrogen) atoms. The molecule has 0 saturated heterocycles. The summed E-state index contributed by atoms with van der Waals surface area (Å²) in [4.78, 5) is 19.7. The second kappa shape index (κ2) is 6.96. The average molecular weight is 376 g/mol. The molecule has 0 aliphatic heterocycles. The molecule has 0 bridgehead atoms. The van der Waals surface area contributed by atoms with Crippen molar-refractivity contribution < 1.29 is 4.79 Å². The minimum atomic E-state index is -0.145. The Kier molecular flexibility index (Phi) is 4.49. The van der Waals surface area contributed by atoms with Gasteiger partial charge in [0.25, 0.3) is 5.91 Å². The van der Waals surface area contributed by atoms with E-state index in [1.807, 2.05) is 37.4 Å². The Morgan fingerprint density at radius 2 is 1.89 bits per heavy atom. The van der Waals surface area contributed by atoms with E-state index in [0.29, 0.717) is 17.4 Å².